The van der Waals surface area contributed by atoms with Gasteiger partial charge in [-0.1, -0.05) is 6.08 Å². The molecule has 4 rings (SSSR count). The second-order valence-corrected chi connectivity index (χ2v) is 11.0. The number of pyridine rings is 1. The number of imidazole rings is 1. The minimum Gasteiger partial charge on any atom is -0.483 e. The van der Waals surface area contributed by atoms with Gasteiger partial charge < -0.3 is 34.5 Å². The van der Waals surface area contributed by atoms with Gasteiger partial charge in [0.15, 0.2) is 17.4 Å². The van der Waals surface area contributed by atoms with Crippen molar-refractivity contribution in [3.63, 3.8) is 0 Å². The van der Waals surface area contributed by atoms with Crippen LogP contribution in [0.4, 0.5) is 28.0 Å². The number of hydrogen-bond acceptors (Lipinski definition) is 6. The Labute approximate surface area is 271 Å². The van der Waals surface area contributed by atoms with E-state index in [4.69, 9.17) is 4.74 Å². The molecule has 0 saturated heterocycles. The summed E-state index contributed by atoms with van der Waals surface area (Å²) in [7, 11) is 4.45. The predicted octanol–water partition coefficient (Wildman–Crippen LogP) is 4.50. The molecule has 254 valence electrons. The quantitative estimate of drug-likeness (QED) is 0.140. The summed E-state index contributed by atoms with van der Waals surface area (Å²) >= 11 is 0. The molecule has 0 radical (unpaired) electrons. The van der Waals surface area contributed by atoms with Gasteiger partial charge in [-0.05, 0) is 43.2 Å². The van der Waals surface area contributed by atoms with Gasteiger partial charge in [-0.2, -0.15) is 0 Å². The number of rotatable bonds is 13. The number of carbonyl (C=O) groups is 3. The van der Waals surface area contributed by atoms with E-state index >= 15 is 0 Å². The first-order chi connectivity index (χ1) is 22.7. The third-order valence-corrected chi connectivity index (χ3v) is 7.24. The summed E-state index contributed by atoms with van der Waals surface area (Å²) in [6, 6.07) is 6.11. The fourth-order valence-electron chi connectivity index (χ4n) is 4.63. The maximum absolute atomic E-state index is 14.8. The highest BCUT2D eigenvalue weighted by molar-refractivity contribution is 5.92. The molecule has 0 fully saturated rings. The molecule has 12 nitrogen and oxygen atoms in total. The fraction of sp³-hybridized carbons (Fsp3) is 0.281. The van der Waals surface area contributed by atoms with Crippen LogP contribution < -0.4 is 15.6 Å². The molecular weight excluding hydrogens is 640 g/mol. The highest BCUT2D eigenvalue weighted by atomic mass is 19.1. The number of allylic oxidation sites excluding steroid dienone is 1. The normalized spacial score (nSPS) is 11.9. The SMILES string of the molecule is CN(C)C(=O)/C=C/CC[C@@H](CN(C)C(=O)O)C(=O)Nc1cccn(Cc2nc3c(F)cc(F)c(OCc4ccc(F)cc4F)c3[nH]2)c1=O. The van der Waals surface area contributed by atoms with E-state index in [-0.39, 0.29) is 59.9 Å². The van der Waals surface area contributed by atoms with Crippen molar-refractivity contribution in [3.8, 4) is 5.75 Å². The van der Waals surface area contributed by atoms with E-state index in [1.165, 1.54) is 36.4 Å². The van der Waals surface area contributed by atoms with Crippen LogP contribution in [0.1, 0.15) is 24.2 Å². The van der Waals surface area contributed by atoms with E-state index in [0.717, 1.165) is 21.6 Å². The number of ether oxygens (including phenoxy) is 1. The first-order valence-electron chi connectivity index (χ1n) is 14.5. The number of aromatic nitrogens is 3. The van der Waals surface area contributed by atoms with Crippen LogP contribution >= 0.6 is 0 Å². The van der Waals surface area contributed by atoms with Crippen LogP contribution in [0.25, 0.3) is 11.0 Å². The zero-order valence-electron chi connectivity index (χ0n) is 26.1. The number of carboxylic acid groups (broad SMARTS) is 1. The number of aromatic amines is 1. The van der Waals surface area contributed by atoms with Crippen molar-refractivity contribution in [1.82, 2.24) is 24.3 Å². The molecule has 3 N–H and O–H groups in total. The summed E-state index contributed by atoms with van der Waals surface area (Å²) in [5.41, 5.74) is -1.41. The van der Waals surface area contributed by atoms with Gasteiger partial charge in [0, 0.05) is 51.6 Å². The van der Waals surface area contributed by atoms with Crippen molar-refractivity contribution in [1.29, 1.82) is 0 Å². The van der Waals surface area contributed by atoms with E-state index < -0.39 is 59.1 Å². The first-order valence-corrected chi connectivity index (χ1v) is 14.5. The van der Waals surface area contributed by atoms with Crippen molar-refractivity contribution in [2.75, 3.05) is 33.0 Å². The second-order valence-electron chi connectivity index (χ2n) is 11.0. The van der Waals surface area contributed by atoms with Gasteiger partial charge in [0.05, 0.1) is 12.5 Å². The monoisotopic (exact) mass is 672 g/mol. The van der Waals surface area contributed by atoms with Crippen LogP contribution in [0, 0.1) is 29.2 Å². The van der Waals surface area contributed by atoms with E-state index in [1.54, 1.807) is 20.2 Å². The van der Waals surface area contributed by atoms with Crippen molar-refractivity contribution in [2.45, 2.75) is 26.0 Å². The number of nitrogens with one attached hydrogen (secondary N) is 2. The van der Waals surface area contributed by atoms with Gasteiger partial charge in [-0.3, -0.25) is 14.4 Å². The number of halogens is 4. The molecule has 0 unspecified atom stereocenters. The summed E-state index contributed by atoms with van der Waals surface area (Å²) < 4.78 is 63.4. The molecule has 4 aromatic rings. The lowest BCUT2D eigenvalue weighted by atomic mass is 10.0. The Hall–Kier alpha value is -5.67. The van der Waals surface area contributed by atoms with E-state index in [2.05, 4.69) is 15.3 Å². The molecule has 2 aromatic carbocycles. The summed E-state index contributed by atoms with van der Waals surface area (Å²) in [6.45, 7) is -0.968. The van der Waals surface area contributed by atoms with Gasteiger partial charge in [-0.15, -0.1) is 0 Å². The maximum atomic E-state index is 14.8. The molecular formula is C32H32F4N6O6. The highest BCUT2D eigenvalue weighted by Gasteiger charge is 2.24. The van der Waals surface area contributed by atoms with Crippen molar-refractivity contribution in [2.24, 2.45) is 5.92 Å². The van der Waals surface area contributed by atoms with Crippen LogP contribution in [0.3, 0.4) is 0 Å². The molecule has 0 aliphatic carbocycles. The fourth-order valence-corrected chi connectivity index (χ4v) is 4.63. The molecule has 16 heteroatoms. The van der Waals surface area contributed by atoms with Gasteiger partial charge >= 0.3 is 6.09 Å². The molecule has 0 spiro atoms. The van der Waals surface area contributed by atoms with Crippen molar-refractivity contribution in [3.05, 3.63) is 99.8 Å². The summed E-state index contributed by atoms with van der Waals surface area (Å²) in [5, 5.41) is 11.9. The zero-order valence-corrected chi connectivity index (χ0v) is 26.1. The molecule has 2 aromatic heterocycles. The Morgan fingerprint density at radius 2 is 1.83 bits per heavy atom. The van der Waals surface area contributed by atoms with Crippen LogP contribution in [-0.2, 0) is 22.7 Å². The smallest absolute Gasteiger partial charge is 0.407 e. The minimum absolute atomic E-state index is 0.0120. The third kappa shape index (κ3) is 8.57. The lowest BCUT2D eigenvalue weighted by molar-refractivity contribution is -0.123. The van der Waals surface area contributed by atoms with Crippen molar-refractivity contribution >= 4 is 34.6 Å². The number of amides is 3. The van der Waals surface area contributed by atoms with Crippen LogP contribution in [0.2, 0.25) is 0 Å². The number of hydrogen-bond donors (Lipinski definition) is 3. The Morgan fingerprint density at radius 1 is 1.08 bits per heavy atom. The van der Waals surface area contributed by atoms with Crippen LogP contribution in [0.5, 0.6) is 5.75 Å². The van der Waals surface area contributed by atoms with Gasteiger partial charge in [0.1, 0.15) is 40.8 Å². The molecule has 0 saturated carbocycles. The van der Waals surface area contributed by atoms with Crippen molar-refractivity contribution < 1.29 is 41.8 Å². The molecule has 3 amide bonds. The molecule has 0 aliphatic rings. The first kappa shape index (κ1) is 35.2. The van der Waals surface area contributed by atoms with E-state index in [0.29, 0.717) is 12.1 Å². The topological polar surface area (TPSA) is 150 Å². The lowest BCUT2D eigenvalue weighted by Crippen LogP contribution is -2.37. The molecule has 48 heavy (non-hydrogen) atoms. The average molecular weight is 673 g/mol. The number of carbonyl (C=O) groups excluding carboxylic acids is 2. The summed E-state index contributed by atoms with van der Waals surface area (Å²) in [6.07, 6.45) is 3.47. The van der Waals surface area contributed by atoms with Crippen LogP contribution in [0.15, 0.2) is 59.5 Å². The van der Waals surface area contributed by atoms with E-state index in [1.807, 2.05) is 0 Å². The van der Waals surface area contributed by atoms with Gasteiger partial charge in [0.2, 0.25) is 11.8 Å². The Bertz CT molecular complexity index is 1930. The summed E-state index contributed by atoms with van der Waals surface area (Å²) in [5.74, 6) is -6.10. The largest absolute Gasteiger partial charge is 0.483 e. The number of nitrogens with zero attached hydrogens (tertiary/aromatic N) is 4. The van der Waals surface area contributed by atoms with Gasteiger partial charge in [-0.25, -0.2) is 27.3 Å². The highest BCUT2D eigenvalue weighted by Crippen LogP contribution is 2.31. The average Bonchev–Trinajstić information content (AvgIpc) is 3.45. The molecule has 2 heterocycles. The minimum atomic E-state index is -1.26. The second kappa shape index (κ2) is 15.3. The zero-order chi connectivity index (χ0) is 35.1. The van der Waals surface area contributed by atoms with E-state index in [9.17, 15) is 41.8 Å². The molecule has 0 aliphatic heterocycles. The molecule has 1 atom stereocenters. The number of fused-ring (bicyclic) bond motifs is 1. The molecule has 0 bridgehead atoms. The summed E-state index contributed by atoms with van der Waals surface area (Å²) in [4.78, 5) is 58.9. The lowest BCUT2D eigenvalue weighted by Gasteiger charge is -2.21. The number of likely N-dealkylation sites (N-methyl/N-ethyl adjacent to an activating group) is 1. The Morgan fingerprint density at radius 3 is 2.52 bits per heavy atom. The number of benzene rings is 2. The standard InChI is InChI=1S/C32H32F4N6O6/c1-40(2)26(43)9-5-4-7-18(15-41(3)32(46)47)30(44)37-24-8-6-12-42(31(24)45)16-25-38-27-22(35)14-23(36)29(28(27)39-25)48-17-19-10-11-20(33)13-21(19)34/h5-6,8-14,18H,4,7,15-17H2,1-3H3,(H,37,44)(H,38,39)(H,46,47)/b9-5+/t18-/m0/s1. The van der Waals surface area contributed by atoms with Crippen LogP contribution in [-0.4, -0.2) is 75.0 Å². The van der Waals surface area contributed by atoms with Gasteiger partial charge in [0.25, 0.3) is 5.56 Å². The maximum Gasteiger partial charge on any atom is 0.407 e. The predicted molar refractivity (Wildman–Crippen MR) is 166 cm³/mol. The number of H-pyrrole nitrogens is 1. The Balaban J connectivity index is 1.53. The number of anilines is 1. The Kier molecular flexibility index (Phi) is 11.2. The third-order valence-electron chi connectivity index (χ3n) is 7.24.